The second-order valence-electron chi connectivity index (χ2n) is 4.20. The number of anilines is 1. The van der Waals surface area contributed by atoms with Crippen molar-refractivity contribution in [2.45, 2.75) is 6.92 Å². The topological polar surface area (TPSA) is 29.1 Å². The van der Waals surface area contributed by atoms with Gasteiger partial charge in [0.15, 0.2) is 0 Å². The Morgan fingerprint density at radius 2 is 1.84 bits per heavy atom. The van der Waals surface area contributed by atoms with E-state index >= 15 is 0 Å². The quantitative estimate of drug-likeness (QED) is 0.829. The summed E-state index contributed by atoms with van der Waals surface area (Å²) in [6.07, 6.45) is 1.79. The van der Waals surface area contributed by atoms with Gasteiger partial charge in [0.1, 0.15) is 5.82 Å². The second-order valence-corrected chi connectivity index (χ2v) is 4.20. The van der Waals surface area contributed by atoms with Gasteiger partial charge in [-0.1, -0.05) is 36.4 Å². The van der Waals surface area contributed by atoms with E-state index in [1.54, 1.807) is 25.1 Å². The molecule has 0 radical (unpaired) electrons. The third-order valence-electron chi connectivity index (χ3n) is 2.62. The van der Waals surface area contributed by atoms with Crippen molar-refractivity contribution in [3.05, 3.63) is 71.6 Å². The lowest BCUT2D eigenvalue weighted by Gasteiger charge is -2.05. The van der Waals surface area contributed by atoms with Crippen LogP contribution < -0.4 is 5.32 Å². The molecule has 2 aromatic carbocycles. The Hall–Kier alpha value is -2.42. The lowest BCUT2D eigenvalue weighted by atomic mass is 10.1. The number of carbonyl (C=O) groups excluding carboxylic acids is 1. The molecule has 19 heavy (non-hydrogen) atoms. The summed E-state index contributed by atoms with van der Waals surface area (Å²) in [5, 5.41) is 2.66. The molecule has 0 bridgehead atoms. The molecule has 0 saturated carbocycles. The third-order valence-corrected chi connectivity index (χ3v) is 2.62. The van der Waals surface area contributed by atoms with Crippen molar-refractivity contribution in [2.75, 3.05) is 5.32 Å². The molecule has 1 amide bonds. The van der Waals surface area contributed by atoms with Crippen LogP contribution in [-0.4, -0.2) is 5.91 Å². The molecule has 96 valence electrons. The fourth-order valence-corrected chi connectivity index (χ4v) is 1.66. The highest BCUT2D eigenvalue weighted by Crippen LogP contribution is 2.12. The first-order chi connectivity index (χ1) is 9.15. The summed E-state index contributed by atoms with van der Waals surface area (Å²) in [7, 11) is 0. The Morgan fingerprint density at radius 1 is 1.11 bits per heavy atom. The standard InChI is InChI=1S/C16H14FNO/c1-12(10-13-6-3-2-4-7-13)16(19)18-15-9-5-8-14(17)11-15/h2-11H,1H3,(H,18,19). The van der Waals surface area contributed by atoms with Gasteiger partial charge >= 0.3 is 0 Å². The number of amides is 1. The number of nitrogens with one attached hydrogen (secondary N) is 1. The van der Waals surface area contributed by atoms with E-state index in [4.69, 9.17) is 0 Å². The van der Waals surface area contributed by atoms with Gasteiger partial charge in [-0.25, -0.2) is 4.39 Å². The van der Waals surface area contributed by atoms with Crippen molar-refractivity contribution in [3.8, 4) is 0 Å². The number of carbonyl (C=O) groups is 1. The summed E-state index contributed by atoms with van der Waals surface area (Å²) >= 11 is 0. The summed E-state index contributed by atoms with van der Waals surface area (Å²) in [5.74, 6) is -0.614. The lowest BCUT2D eigenvalue weighted by molar-refractivity contribution is -0.112. The molecule has 0 spiro atoms. The zero-order chi connectivity index (χ0) is 13.7. The van der Waals surface area contributed by atoms with Gasteiger partial charge in [-0.05, 0) is 36.8 Å². The minimum absolute atomic E-state index is 0.241. The first-order valence-electron chi connectivity index (χ1n) is 5.95. The smallest absolute Gasteiger partial charge is 0.251 e. The third kappa shape index (κ3) is 3.78. The molecular formula is C16H14FNO. The fourth-order valence-electron chi connectivity index (χ4n) is 1.66. The molecule has 0 unspecified atom stereocenters. The molecule has 2 nitrogen and oxygen atoms in total. The summed E-state index contributed by atoms with van der Waals surface area (Å²) in [4.78, 5) is 11.9. The van der Waals surface area contributed by atoms with Crippen molar-refractivity contribution < 1.29 is 9.18 Å². The first kappa shape index (κ1) is 13.0. The highest BCUT2D eigenvalue weighted by atomic mass is 19.1. The zero-order valence-corrected chi connectivity index (χ0v) is 10.6. The predicted molar refractivity (Wildman–Crippen MR) is 75.1 cm³/mol. The average Bonchev–Trinajstić information content (AvgIpc) is 2.40. The fraction of sp³-hybridized carbons (Fsp3) is 0.0625. The molecule has 0 fully saturated rings. The Labute approximate surface area is 111 Å². The maximum Gasteiger partial charge on any atom is 0.251 e. The number of halogens is 1. The summed E-state index contributed by atoms with van der Waals surface area (Å²) in [6.45, 7) is 1.72. The van der Waals surface area contributed by atoms with Gasteiger partial charge in [0, 0.05) is 11.3 Å². The zero-order valence-electron chi connectivity index (χ0n) is 10.6. The molecule has 1 N–H and O–H groups in total. The van der Waals surface area contributed by atoms with Gasteiger partial charge in [-0.3, -0.25) is 4.79 Å². The molecule has 0 aliphatic rings. The van der Waals surface area contributed by atoms with Crippen LogP contribution in [0.1, 0.15) is 12.5 Å². The first-order valence-corrected chi connectivity index (χ1v) is 5.95. The van der Waals surface area contributed by atoms with Crippen LogP contribution in [0, 0.1) is 5.82 Å². The monoisotopic (exact) mass is 255 g/mol. The maximum absolute atomic E-state index is 13.0. The molecule has 0 aliphatic carbocycles. The van der Waals surface area contributed by atoms with Crippen molar-refractivity contribution in [1.82, 2.24) is 0 Å². The van der Waals surface area contributed by atoms with Gasteiger partial charge in [0.05, 0.1) is 0 Å². The van der Waals surface area contributed by atoms with E-state index in [9.17, 15) is 9.18 Å². The molecule has 0 aliphatic heterocycles. The molecule has 2 rings (SSSR count). The van der Waals surface area contributed by atoms with E-state index in [-0.39, 0.29) is 11.7 Å². The van der Waals surface area contributed by atoms with Crippen LogP contribution in [0.25, 0.3) is 6.08 Å². The van der Waals surface area contributed by atoms with Crippen LogP contribution in [-0.2, 0) is 4.79 Å². The lowest BCUT2D eigenvalue weighted by Crippen LogP contribution is -2.12. The summed E-state index contributed by atoms with van der Waals surface area (Å²) in [5.41, 5.74) is 1.97. The minimum Gasteiger partial charge on any atom is -0.322 e. The van der Waals surface area contributed by atoms with E-state index in [2.05, 4.69) is 5.32 Å². The van der Waals surface area contributed by atoms with E-state index in [0.717, 1.165) is 5.56 Å². The Morgan fingerprint density at radius 3 is 2.53 bits per heavy atom. The molecule has 0 aromatic heterocycles. The van der Waals surface area contributed by atoms with Crippen molar-refractivity contribution in [3.63, 3.8) is 0 Å². The van der Waals surface area contributed by atoms with Gasteiger partial charge in [-0.15, -0.1) is 0 Å². The molecule has 0 heterocycles. The Balaban J connectivity index is 2.10. The molecule has 3 heteroatoms. The predicted octanol–water partition coefficient (Wildman–Crippen LogP) is 3.87. The summed E-state index contributed by atoms with van der Waals surface area (Å²) in [6, 6.07) is 15.4. The number of hydrogen-bond donors (Lipinski definition) is 1. The number of benzene rings is 2. The SMILES string of the molecule is CC(=Cc1ccccc1)C(=O)Nc1cccc(F)c1. The normalized spacial score (nSPS) is 11.2. The van der Waals surface area contributed by atoms with Gasteiger partial charge in [0.2, 0.25) is 0 Å². The van der Waals surface area contributed by atoms with Crippen LogP contribution in [0.4, 0.5) is 10.1 Å². The van der Waals surface area contributed by atoms with Crippen LogP contribution >= 0.6 is 0 Å². The van der Waals surface area contributed by atoms with Gasteiger partial charge in [0.25, 0.3) is 5.91 Å². The van der Waals surface area contributed by atoms with E-state index < -0.39 is 0 Å². The van der Waals surface area contributed by atoms with E-state index in [0.29, 0.717) is 11.3 Å². The van der Waals surface area contributed by atoms with Crippen LogP contribution in [0.5, 0.6) is 0 Å². The van der Waals surface area contributed by atoms with Gasteiger partial charge in [-0.2, -0.15) is 0 Å². The molecule has 0 atom stereocenters. The number of hydrogen-bond acceptors (Lipinski definition) is 1. The molecule has 0 saturated heterocycles. The number of rotatable bonds is 3. The molecular weight excluding hydrogens is 241 g/mol. The molecule has 2 aromatic rings. The highest BCUT2D eigenvalue weighted by molar-refractivity contribution is 6.06. The van der Waals surface area contributed by atoms with Crippen molar-refractivity contribution >= 4 is 17.7 Å². The van der Waals surface area contributed by atoms with Crippen LogP contribution in [0.2, 0.25) is 0 Å². The average molecular weight is 255 g/mol. The largest absolute Gasteiger partial charge is 0.322 e. The maximum atomic E-state index is 13.0. The van der Waals surface area contributed by atoms with Crippen LogP contribution in [0.15, 0.2) is 60.2 Å². The van der Waals surface area contributed by atoms with E-state index in [1.807, 2.05) is 30.3 Å². The minimum atomic E-state index is -0.373. The van der Waals surface area contributed by atoms with Crippen LogP contribution in [0.3, 0.4) is 0 Å². The Bertz CT molecular complexity index is 605. The highest BCUT2D eigenvalue weighted by Gasteiger charge is 2.05. The van der Waals surface area contributed by atoms with E-state index in [1.165, 1.54) is 12.1 Å². The Kier molecular flexibility index (Phi) is 4.08. The van der Waals surface area contributed by atoms with Crippen molar-refractivity contribution in [1.29, 1.82) is 0 Å². The second kappa shape index (κ2) is 5.96. The van der Waals surface area contributed by atoms with Crippen molar-refractivity contribution in [2.24, 2.45) is 0 Å². The van der Waals surface area contributed by atoms with Gasteiger partial charge < -0.3 is 5.32 Å². The summed E-state index contributed by atoms with van der Waals surface area (Å²) < 4.78 is 13.0.